The summed E-state index contributed by atoms with van der Waals surface area (Å²) in [4.78, 5) is 0. The minimum absolute atomic E-state index is 0.196. The van der Waals surface area contributed by atoms with Crippen molar-refractivity contribution in [1.82, 2.24) is 0 Å². The first-order valence-corrected chi connectivity index (χ1v) is 4.37. The van der Waals surface area contributed by atoms with Crippen LogP contribution in [0.3, 0.4) is 0 Å². The molecule has 3 heteroatoms. The Bertz CT molecular complexity index is 166. The van der Waals surface area contributed by atoms with Crippen LogP contribution in [0.5, 0.6) is 0 Å². The molecule has 0 bridgehead atoms. The van der Waals surface area contributed by atoms with Crippen molar-refractivity contribution in [2.45, 2.75) is 51.3 Å². The molecule has 0 radical (unpaired) electrons. The first-order valence-electron chi connectivity index (χ1n) is 4.37. The highest BCUT2D eigenvalue weighted by molar-refractivity contribution is 4.98. The zero-order valence-electron chi connectivity index (χ0n) is 7.68. The second-order valence-electron chi connectivity index (χ2n) is 3.02. The van der Waals surface area contributed by atoms with Crippen LogP contribution in [0.1, 0.15) is 39.5 Å². The Morgan fingerprint density at radius 3 is 2.50 bits per heavy atom. The van der Waals surface area contributed by atoms with E-state index in [-0.39, 0.29) is 12.8 Å². The highest BCUT2D eigenvalue weighted by Gasteiger charge is 2.35. The Labute approximate surface area is 73.0 Å². The normalized spacial score (nSPS) is 17.9. The third kappa shape index (κ3) is 2.78. The molecule has 0 aromatic rings. The van der Waals surface area contributed by atoms with Gasteiger partial charge < -0.3 is 5.11 Å². The molecule has 0 spiro atoms. The molecule has 2 nitrogen and oxygen atoms in total. The molecule has 1 N–H and O–H groups in total. The van der Waals surface area contributed by atoms with Crippen molar-refractivity contribution >= 4 is 0 Å². The molecular weight excluding hydrogens is 157 g/mol. The van der Waals surface area contributed by atoms with Crippen molar-refractivity contribution in [3.05, 3.63) is 0 Å². The van der Waals surface area contributed by atoms with E-state index in [9.17, 15) is 4.39 Å². The number of nitrogens with zero attached hydrogens (tertiary/aromatic N) is 1. The van der Waals surface area contributed by atoms with Crippen LogP contribution in [0.25, 0.3) is 0 Å². The zero-order chi connectivity index (χ0) is 9.61. The van der Waals surface area contributed by atoms with Gasteiger partial charge >= 0.3 is 0 Å². The molecule has 0 heterocycles. The van der Waals surface area contributed by atoms with Crippen molar-refractivity contribution < 1.29 is 9.50 Å². The first-order chi connectivity index (χ1) is 5.60. The summed E-state index contributed by atoms with van der Waals surface area (Å²) in [5.41, 5.74) is -1.70. The third-order valence-corrected chi connectivity index (χ3v) is 2.15. The van der Waals surface area contributed by atoms with E-state index in [2.05, 4.69) is 0 Å². The lowest BCUT2D eigenvalue weighted by Crippen LogP contribution is -2.36. The van der Waals surface area contributed by atoms with Crippen LogP contribution in [0.4, 0.5) is 4.39 Å². The van der Waals surface area contributed by atoms with Crippen LogP contribution >= 0.6 is 0 Å². The van der Waals surface area contributed by atoms with Crippen LogP contribution in [-0.4, -0.2) is 16.9 Å². The molecule has 0 aromatic heterocycles. The predicted molar refractivity (Wildman–Crippen MR) is 45.3 cm³/mol. The molecule has 0 rings (SSSR count). The lowest BCUT2D eigenvalue weighted by atomic mass is 9.90. The van der Waals surface area contributed by atoms with Crippen LogP contribution in [0.2, 0.25) is 0 Å². The van der Waals surface area contributed by atoms with Gasteiger partial charge in [-0.25, -0.2) is 4.39 Å². The number of halogens is 1. The Kier molecular flexibility index (Phi) is 4.84. The van der Waals surface area contributed by atoms with Crippen LogP contribution < -0.4 is 0 Å². The summed E-state index contributed by atoms with van der Waals surface area (Å²) in [6, 6.07) is 1.55. The maximum atomic E-state index is 13.6. The fraction of sp³-hybridized carbons (Fsp3) is 0.889. The summed E-state index contributed by atoms with van der Waals surface area (Å²) in [5.74, 6) is 0. The van der Waals surface area contributed by atoms with Gasteiger partial charge in [0.25, 0.3) is 0 Å². The quantitative estimate of drug-likeness (QED) is 0.647. The molecule has 0 amide bonds. The molecule has 0 saturated heterocycles. The van der Waals surface area contributed by atoms with Crippen molar-refractivity contribution in [1.29, 1.82) is 5.26 Å². The number of hydrogen-bond donors (Lipinski definition) is 1. The molecule has 2 atom stereocenters. The summed E-state index contributed by atoms with van der Waals surface area (Å²) < 4.78 is 13.6. The number of aliphatic hydroxyl groups is 1. The standard InChI is InChI=1S/C9H16FNO/c1-3-5-6-9(10,4-2)8(12)7-11/h8,12H,3-6H2,1-2H3. The van der Waals surface area contributed by atoms with E-state index in [0.717, 1.165) is 6.42 Å². The predicted octanol–water partition coefficient (Wildman–Crippen LogP) is 2.18. The van der Waals surface area contributed by atoms with Crippen LogP contribution in [-0.2, 0) is 0 Å². The van der Waals surface area contributed by atoms with E-state index in [0.29, 0.717) is 6.42 Å². The first kappa shape index (κ1) is 11.4. The average Bonchev–Trinajstić information content (AvgIpc) is 2.12. The van der Waals surface area contributed by atoms with Gasteiger partial charge in [-0.2, -0.15) is 5.26 Å². The Hall–Kier alpha value is -0.620. The van der Waals surface area contributed by atoms with Crippen LogP contribution in [0.15, 0.2) is 0 Å². The Balaban J connectivity index is 4.15. The maximum absolute atomic E-state index is 13.6. The monoisotopic (exact) mass is 173 g/mol. The molecule has 12 heavy (non-hydrogen) atoms. The van der Waals surface area contributed by atoms with Gasteiger partial charge in [0.15, 0.2) is 6.10 Å². The largest absolute Gasteiger partial charge is 0.375 e. The highest BCUT2D eigenvalue weighted by atomic mass is 19.1. The molecule has 0 aliphatic rings. The fourth-order valence-corrected chi connectivity index (χ4v) is 1.09. The van der Waals surface area contributed by atoms with Gasteiger partial charge in [0, 0.05) is 0 Å². The fourth-order valence-electron chi connectivity index (χ4n) is 1.09. The summed E-state index contributed by atoms with van der Waals surface area (Å²) in [7, 11) is 0. The zero-order valence-corrected chi connectivity index (χ0v) is 7.68. The van der Waals surface area contributed by atoms with Gasteiger partial charge in [-0.05, 0) is 12.8 Å². The smallest absolute Gasteiger partial charge is 0.174 e. The van der Waals surface area contributed by atoms with Crippen molar-refractivity contribution in [2.75, 3.05) is 0 Å². The lowest BCUT2D eigenvalue weighted by Gasteiger charge is -2.24. The summed E-state index contributed by atoms with van der Waals surface area (Å²) in [5, 5.41) is 17.4. The van der Waals surface area contributed by atoms with Gasteiger partial charge in [-0.3, -0.25) is 0 Å². The molecular formula is C9H16FNO. The molecule has 0 saturated carbocycles. The Morgan fingerprint density at radius 2 is 2.17 bits per heavy atom. The van der Waals surface area contributed by atoms with E-state index in [1.165, 1.54) is 0 Å². The van der Waals surface area contributed by atoms with Gasteiger partial charge in [-0.15, -0.1) is 0 Å². The number of nitriles is 1. The average molecular weight is 173 g/mol. The second-order valence-corrected chi connectivity index (χ2v) is 3.02. The van der Waals surface area contributed by atoms with E-state index >= 15 is 0 Å². The number of unbranched alkanes of at least 4 members (excludes halogenated alkanes) is 1. The topological polar surface area (TPSA) is 44.0 Å². The number of aliphatic hydroxyl groups excluding tert-OH is 1. The molecule has 0 aliphatic heterocycles. The molecule has 0 aliphatic carbocycles. The van der Waals surface area contributed by atoms with Gasteiger partial charge in [0.05, 0.1) is 6.07 Å². The third-order valence-electron chi connectivity index (χ3n) is 2.15. The van der Waals surface area contributed by atoms with E-state index in [4.69, 9.17) is 10.4 Å². The van der Waals surface area contributed by atoms with Crippen molar-refractivity contribution in [2.24, 2.45) is 0 Å². The molecule has 0 aromatic carbocycles. The van der Waals surface area contributed by atoms with Crippen LogP contribution in [0, 0.1) is 11.3 Å². The van der Waals surface area contributed by atoms with Gasteiger partial charge in [0.2, 0.25) is 0 Å². The SMILES string of the molecule is CCCCC(F)(CC)C(O)C#N. The molecule has 0 fully saturated rings. The minimum Gasteiger partial charge on any atom is -0.375 e. The Morgan fingerprint density at radius 1 is 1.58 bits per heavy atom. The number of hydrogen-bond acceptors (Lipinski definition) is 2. The second kappa shape index (κ2) is 5.10. The molecule has 2 unspecified atom stereocenters. The lowest BCUT2D eigenvalue weighted by molar-refractivity contribution is 0.0138. The summed E-state index contributed by atoms with van der Waals surface area (Å²) >= 11 is 0. The molecule has 70 valence electrons. The van der Waals surface area contributed by atoms with E-state index in [1.807, 2.05) is 6.92 Å². The number of alkyl halides is 1. The summed E-state index contributed by atoms with van der Waals surface area (Å²) in [6.45, 7) is 3.60. The van der Waals surface area contributed by atoms with E-state index in [1.54, 1.807) is 13.0 Å². The van der Waals surface area contributed by atoms with Gasteiger partial charge in [0.1, 0.15) is 5.67 Å². The minimum atomic E-state index is -1.70. The summed E-state index contributed by atoms with van der Waals surface area (Å²) in [6.07, 6.45) is 0.581. The van der Waals surface area contributed by atoms with Gasteiger partial charge in [-0.1, -0.05) is 26.7 Å². The van der Waals surface area contributed by atoms with Crippen molar-refractivity contribution in [3.8, 4) is 6.07 Å². The van der Waals surface area contributed by atoms with Crippen molar-refractivity contribution in [3.63, 3.8) is 0 Å². The number of rotatable bonds is 5. The maximum Gasteiger partial charge on any atom is 0.174 e. The van der Waals surface area contributed by atoms with E-state index < -0.39 is 11.8 Å². The highest BCUT2D eigenvalue weighted by Crippen LogP contribution is 2.27.